The monoisotopic (exact) mass is 266 g/mol. The van der Waals surface area contributed by atoms with Crippen LogP contribution in [0.4, 0.5) is 0 Å². The molecule has 3 aromatic rings. The van der Waals surface area contributed by atoms with E-state index in [1.54, 1.807) is 0 Å². The summed E-state index contributed by atoms with van der Waals surface area (Å²) in [5, 5.41) is 0. The third-order valence-electron chi connectivity index (χ3n) is 4.03. The van der Waals surface area contributed by atoms with Gasteiger partial charge in [0, 0.05) is 11.1 Å². The summed E-state index contributed by atoms with van der Waals surface area (Å²) in [5.41, 5.74) is 9.76. The van der Waals surface area contributed by atoms with Gasteiger partial charge in [-0.3, -0.25) is 0 Å². The first-order chi connectivity index (χ1) is 9.40. The molecule has 0 N–H and O–H groups in total. The van der Waals surface area contributed by atoms with Gasteiger partial charge in [-0.05, 0) is 41.5 Å². The molecule has 0 amide bonds. The highest BCUT2D eigenvalue weighted by Crippen LogP contribution is 2.28. The van der Waals surface area contributed by atoms with E-state index >= 15 is 0 Å². The van der Waals surface area contributed by atoms with Crippen molar-refractivity contribution in [2.45, 2.75) is 41.5 Å². The molecule has 2 heterocycles. The number of hydrogen-bond acceptors (Lipinski definition) is 4. The molecule has 0 spiro atoms. The van der Waals surface area contributed by atoms with E-state index in [2.05, 4.69) is 13.8 Å². The number of aromatic nitrogens is 4. The summed E-state index contributed by atoms with van der Waals surface area (Å²) in [6.07, 6.45) is 0. The van der Waals surface area contributed by atoms with Gasteiger partial charge in [0.05, 0.1) is 44.8 Å². The lowest BCUT2D eigenvalue weighted by atomic mass is 10.0. The highest BCUT2D eigenvalue weighted by Gasteiger charge is 2.15. The highest BCUT2D eigenvalue weighted by atomic mass is 14.9. The first-order valence-corrected chi connectivity index (χ1v) is 6.79. The molecule has 0 bridgehead atoms. The molecule has 2 aromatic heterocycles. The Labute approximate surface area is 118 Å². The van der Waals surface area contributed by atoms with Gasteiger partial charge < -0.3 is 0 Å². The molecular weight excluding hydrogens is 248 g/mol. The quantitative estimate of drug-likeness (QED) is 0.585. The predicted octanol–water partition coefficient (Wildman–Crippen LogP) is 3.42. The number of nitrogens with zero attached hydrogens (tertiary/aromatic N) is 4. The van der Waals surface area contributed by atoms with Crippen LogP contribution in [-0.4, -0.2) is 19.9 Å². The standard InChI is InChI=1S/C16H18N4/c1-7-13-15(19-11(5)9(3)17-13)8(2)16-14(7)18-10(4)12(6)20-16/h1-6H3. The third-order valence-corrected chi connectivity index (χ3v) is 4.03. The molecule has 1 aromatic carbocycles. The first kappa shape index (κ1) is 12.9. The Morgan fingerprint density at radius 3 is 0.800 bits per heavy atom. The smallest absolute Gasteiger partial charge is 0.0945 e. The van der Waals surface area contributed by atoms with Crippen LogP contribution in [0.2, 0.25) is 0 Å². The van der Waals surface area contributed by atoms with Crippen molar-refractivity contribution in [3.8, 4) is 0 Å². The second kappa shape index (κ2) is 4.20. The molecule has 0 saturated carbocycles. The summed E-state index contributed by atoms with van der Waals surface area (Å²) >= 11 is 0. The zero-order chi connectivity index (χ0) is 14.6. The van der Waals surface area contributed by atoms with Crippen molar-refractivity contribution >= 4 is 22.1 Å². The van der Waals surface area contributed by atoms with Gasteiger partial charge in [-0.2, -0.15) is 0 Å². The summed E-state index contributed by atoms with van der Waals surface area (Å²) in [5.74, 6) is 0. The number of benzene rings is 1. The van der Waals surface area contributed by atoms with Crippen molar-refractivity contribution in [3.05, 3.63) is 33.9 Å². The van der Waals surface area contributed by atoms with E-state index in [0.29, 0.717) is 0 Å². The van der Waals surface area contributed by atoms with Crippen LogP contribution in [0.1, 0.15) is 33.9 Å². The molecule has 4 heteroatoms. The Morgan fingerprint density at radius 2 is 0.600 bits per heavy atom. The largest absolute Gasteiger partial charge is 0.249 e. The number of aryl methyl sites for hydroxylation is 6. The van der Waals surface area contributed by atoms with Gasteiger partial charge in [-0.25, -0.2) is 19.9 Å². The fraction of sp³-hybridized carbons (Fsp3) is 0.375. The van der Waals surface area contributed by atoms with E-state index in [9.17, 15) is 0 Å². The molecule has 0 radical (unpaired) electrons. The SMILES string of the molecule is Cc1nc2c(C)c3nc(C)c(C)nc3c(C)c2nc1C. The van der Waals surface area contributed by atoms with Gasteiger partial charge in [0.25, 0.3) is 0 Å². The highest BCUT2D eigenvalue weighted by molar-refractivity contribution is 5.98. The molecule has 20 heavy (non-hydrogen) atoms. The van der Waals surface area contributed by atoms with Crippen LogP contribution >= 0.6 is 0 Å². The van der Waals surface area contributed by atoms with E-state index in [1.807, 2.05) is 27.7 Å². The topological polar surface area (TPSA) is 51.6 Å². The molecule has 0 aliphatic carbocycles. The second-order valence-corrected chi connectivity index (χ2v) is 5.43. The molecule has 3 rings (SSSR count). The Kier molecular flexibility index (Phi) is 2.71. The Morgan fingerprint density at radius 1 is 0.400 bits per heavy atom. The lowest BCUT2D eigenvalue weighted by Gasteiger charge is -2.12. The first-order valence-electron chi connectivity index (χ1n) is 6.79. The summed E-state index contributed by atoms with van der Waals surface area (Å²) in [4.78, 5) is 18.8. The Hall–Kier alpha value is -2.10. The van der Waals surface area contributed by atoms with Crippen LogP contribution in [0, 0.1) is 41.5 Å². The predicted molar refractivity (Wildman–Crippen MR) is 81.1 cm³/mol. The van der Waals surface area contributed by atoms with Gasteiger partial charge in [0.2, 0.25) is 0 Å². The summed E-state index contributed by atoms with van der Waals surface area (Å²) in [6, 6.07) is 0. The van der Waals surface area contributed by atoms with Crippen LogP contribution in [0.15, 0.2) is 0 Å². The molecule has 102 valence electrons. The van der Waals surface area contributed by atoms with Gasteiger partial charge in [-0.1, -0.05) is 0 Å². The van der Waals surface area contributed by atoms with Crippen molar-refractivity contribution in [1.29, 1.82) is 0 Å². The van der Waals surface area contributed by atoms with E-state index in [1.165, 1.54) is 0 Å². The van der Waals surface area contributed by atoms with Crippen LogP contribution < -0.4 is 0 Å². The van der Waals surface area contributed by atoms with E-state index < -0.39 is 0 Å². The number of fused-ring (bicyclic) bond motifs is 2. The molecule has 0 fully saturated rings. The maximum atomic E-state index is 4.71. The molecule has 0 aliphatic heterocycles. The van der Waals surface area contributed by atoms with Gasteiger partial charge >= 0.3 is 0 Å². The minimum Gasteiger partial charge on any atom is -0.249 e. The summed E-state index contributed by atoms with van der Waals surface area (Å²) < 4.78 is 0. The number of hydrogen-bond donors (Lipinski definition) is 0. The average molecular weight is 266 g/mol. The molecule has 4 nitrogen and oxygen atoms in total. The molecule has 0 aliphatic rings. The van der Waals surface area contributed by atoms with E-state index in [4.69, 9.17) is 19.9 Å². The van der Waals surface area contributed by atoms with Crippen LogP contribution in [0.5, 0.6) is 0 Å². The minimum absolute atomic E-state index is 0.940. The van der Waals surface area contributed by atoms with Gasteiger partial charge in [0.15, 0.2) is 0 Å². The van der Waals surface area contributed by atoms with Crippen LogP contribution in [0.25, 0.3) is 22.1 Å². The summed E-state index contributed by atoms with van der Waals surface area (Å²) in [6.45, 7) is 12.1. The summed E-state index contributed by atoms with van der Waals surface area (Å²) in [7, 11) is 0. The fourth-order valence-corrected chi connectivity index (χ4v) is 2.48. The van der Waals surface area contributed by atoms with Crippen LogP contribution in [-0.2, 0) is 0 Å². The van der Waals surface area contributed by atoms with E-state index in [-0.39, 0.29) is 0 Å². The number of rotatable bonds is 0. The second-order valence-electron chi connectivity index (χ2n) is 5.43. The van der Waals surface area contributed by atoms with Crippen molar-refractivity contribution < 1.29 is 0 Å². The Bertz CT molecular complexity index is 725. The van der Waals surface area contributed by atoms with Crippen molar-refractivity contribution in [3.63, 3.8) is 0 Å². The van der Waals surface area contributed by atoms with Crippen LogP contribution in [0.3, 0.4) is 0 Å². The zero-order valence-corrected chi connectivity index (χ0v) is 12.8. The van der Waals surface area contributed by atoms with Crippen molar-refractivity contribution in [1.82, 2.24) is 19.9 Å². The maximum Gasteiger partial charge on any atom is 0.0945 e. The minimum atomic E-state index is 0.940. The molecule has 0 unspecified atom stereocenters. The van der Waals surface area contributed by atoms with E-state index in [0.717, 1.165) is 56.0 Å². The normalized spacial score (nSPS) is 11.5. The zero-order valence-electron chi connectivity index (χ0n) is 12.8. The van der Waals surface area contributed by atoms with Crippen molar-refractivity contribution in [2.75, 3.05) is 0 Å². The molecular formula is C16H18N4. The lowest BCUT2D eigenvalue weighted by Crippen LogP contribution is -2.02. The Balaban J connectivity index is 2.60. The van der Waals surface area contributed by atoms with Gasteiger partial charge in [0.1, 0.15) is 0 Å². The average Bonchev–Trinajstić information content (AvgIpc) is 2.41. The van der Waals surface area contributed by atoms with Gasteiger partial charge in [-0.15, -0.1) is 0 Å². The lowest BCUT2D eigenvalue weighted by molar-refractivity contribution is 1.07. The van der Waals surface area contributed by atoms with Crippen molar-refractivity contribution in [2.24, 2.45) is 0 Å². The molecule has 0 atom stereocenters. The third kappa shape index (κ3) is 1.68. The fourth-order valence-electron chi connectivity index (χ4n) is 2.48. The maximum absolute atomic E-state index is 4.71. The molecule has 0 saturated heterocycles.